The third kappa shape index (κ3) is 2.93. The van der Waals surface area contributed by atoms with Gasteiger partial charge in [0.15, 0.2) is 0 Å². The summed E-state index contributed by atoms with van der Waals surface area (Å²) >= 11 is 1.72. The Bertz CT molecular complexity index is 377. The first-order chi connectivity index (χ1) is 8.74. The second kappa shape index (κ2) is 6.34. The van der Waals surface area contributed by atoms with Crippen LogP contribution in [0.4, 0.5) is 0 Å². The standard InChI is InChI=1S/C14H22N2OS/c1-3-4-5-7-11(2)16-13(17)10-15-14(16)12-8-6-9-18-12/h6,8-9,11,14-15H,3-5,7,10H2,1-2H3. The summed E-state index contributed by atoms with van der Waals surface area (Å²) < 4.78 is 0. The van der Waals surface area contributed by atoms with Crippen molar-refractivity contribution in [2.45, 2.75) is 51.7 Å². The molecule has 1 aromatic heterocycles. The van der Waals surface area contributed by atoms with Crippen molar-refractivity contribution in [3.8, 4) is 0 Å². The number of carbonyl (C=O) groups excluding carboxylic acids is 1. The van der Waals surface area contributed by atoms with Crippen LogP contribution in [0.1, 0.15) is 50.6 Å². The molecule has 0 bridgehead atoms. The molecule has 18 heavy (non-hydrogen) atoms. The highest BCUT2D eigenvalue weighted by Crippen LogP contribution is 2.29. The maximum atomic E-state index is 12.0. The van der Waals surface area contributed by atoms with Crippen LogP contribution in [0.2, 0.25) is 0 Å². The molecular weight excluding hydrogens is 244 g/mol. The van der Waals surface area contributed by atoms with E-state index in [1.807, 2.05) is 11.0 Å². The Morgan fingerprint density at radius 1 is 1.56 bits per heavy atom. The monoisotopic (exact) mass is 266 g/mol. The van der Waals surface area contributed by atoms with Gasteiger partial charge in [0.2, 0.25) is 5.91 Å². The summed E-state index contributed by atoms with van der Waals surface area (Å²) in [6.07, 6.45) is 4.88. The van der Waals surface area contributed by atoms with Crippen molar-refractivity contribution in [1.29, 1.82) is 0 Å². The molecule has 1 aliphatic heterocycles. The number of hydrogen-bond donors (Lipinski definition) is 1. The summed E-state index contributed by atoms with van der Waals surface area (Å²) in [6.45, 7) is 4.85. The van der Waals surface area contributed by atoms with Crippen molar-refractivity contribution < 1.29 is 4.79 Å². The van der Waals surface area contributed by atoms with Crippen LogP contribution >= 0.6 is 11.3 Å². The molecule has 1 fully saturated rings. The minimum absolute atomic E-state index is 0.0918. The Kier molecular flexibility index (Phi) is 4.78. The largest absolute Gasteiger partial charge is 0.318 e. The minimum atomic E-state index is 0.0918. The van der Waals surface area contributed by atoms with Gasteiger partial charge in [0.1, 0.15) is 6.17 Å². The first-order valence-corrected chi connectivity index (χ1v) is 7.70. The number of hydrogen-bond acceptors (Lipinski definition) is 3. The Hall–Kier alpha value is -0.870. The van der Waals surface area contributed by atoms with Crippen LogP contribution in [0.3, 0.4) is 0 Å². The summed E-state index contributed by atoms with van der Waals surface area (Å²) in [5, 5.41) is 5.39. The quantitative estimate of drug-likeness (QED) is 0.802. The molecule has 1 aliphatic rings. The summed E-state index contributed by atoms with van der Waals surface area (Å²) in [5.41, 5.74) is 0. The zero-order chi connectivity index (χ0) is 13.0. The fourth-order valence-corrected chi connectivity index (χ4v) is 3.33. The lowest BCUT2D eigenvalue weighted by molar-refractivity contribution is -0.130. The van der Waals surface area contributed by atoms with Gasteiger partial charge in [-0.3, -0.25) is 10.1 Å². The Balaban J connectivity index is 2.01. The van der Waals surface area contributed by atoms with E-state index < -0.39 is 0 Å². The SMILES string of the molecule is CCCCCC(C)N1C(=O)CNC1c1cccs1. The van der Waals surface area contributed by atoms with Crippen LogP contribution in [0, 0.1) is 0 Å². The third-order valence-electron chi connectivity index (χ3n) is 3.53. The van der Waals surface area contributed by atoms with E-state index in [1.54, 1.807) is 11.3 Å². The highest BCUT2D eigenvalue weighted by atomic mass is 32.1. The molecule has 100 valence electrons. The highest BCUT2D eigenvalue weighted by Gasteiger charge is 2.35. The summed E-state index contributed by atoms with van der Waals surface area (Å²) in [5.74, 6) is 0.234. The number of amides is 1. The van der Waals surface area contributed by atoms with Gasteiger partial charge in [-0.1, -0.05) is 32.3 Å². The molecule has 0 radical (unpaired) electrons. The molecule has 2 unspecified atom stereocenters. The second-order valence-electron chi connectivity index (χ2n) is 4.94. The van der Waals surface area contributed by atoms with E-state index >= 15 is 0 Å². The summed E-state index contributed by atoms with van der Waals surface area (Å²) in [4.78, 5) is 15.3. The number of nitrogens with zero attached hydrogens (tertiary/aromatic N) is 1. The van der Waals surface area contributed by atoms with E-state index in [4.69, 9.17) is 0 Å². The minimum Gasteiger partial charge on any atom is -0.318 e. The van der Waals surface area contributed by atoms with E-state index in [9.17, 15) is 4.79 Å². The van der Waals surface area contributed by atoms with Crippen LogP contribution in [-0.4, -0.2) is 23.4 Å². The van der Waals surface area contributed by atoms with Crippen molar-refractivity contribution in [2.24, 2.45) is 0 Å². The van der Waals surface area contributed by atoms with Crippen molar-refractivity contribution in [2.75, 3.05) is 6.54 Å². The summed E-state index contributed by atoms with van der Waals surface area (Å²) in [6, 6.07) is 4.48. The molecule has 1 N–H and O–H groups in total. The fraction of sp³-hybridized carbons (Fsp3) is 0.643. The van der Waals surface area contributed by atoms with Gasteiger partial charge in [-0.2, -0.15) is 0 Å². The maximum Gasteiger partial charge on any atom is 0.238 e. The van der Waals surface area contributed by atoms with E-state index in [-0.39, 0.29) is 12.1 Å². The molecule has 1 amide bonds. The van der Waals surface area contributed by atoms with Crippen molar-refractivity contribution in [3.05, 3.63) is 22.4 Å². The Labute approximate surface area is 113 Å². The molecule has 0 spiro atoms. The number of carbonyl (C=O) groups is 1. The van der Waals surface area contributed by atoms with Gasteiger partial charge in [0.05, 0.1) is 6.54 Å². The summed E-state index contributed by atoms with van der Waals surface area (Å²) in [7, 11) is 0. The molecule has 1 saturated heterocycles. The first kappa shape index (κ1) is 13.6. The average Bonchev–Trinajstić information content (AvgIpc) is 2.97. The number of nitrogens with one attached hydrogen (secondary N) is 1. The van der Waals surface area contributed by atoms with Gasteiger partial charge >= 0.3 is 0 Å². The molecule has 0 aromatic carbocycles. The van der Waals surface area contributed by atoms with Gasteiger partial charge in [-0.25, -0.2) is 0 Å². The van der Waals surface area contributed by atoms with Crippen LogP contribution in [0.5, 0.6) is 0 Å². The first-order valence-electron chi connectivity index (χ1n) is 6.82. The molecule has 0 aliphatic carbocycles. The molecule has 2 heterocycles. The topological polar surface area (TPSA) is 32.3 Å². The normalized spacial score (nSPS) is 21.6. The zero-order valence-corrected chi connectivity index (χ0v) is 12.0. The molecule has 0 saturated carbocycles. The van der Waals surface area contributed by atoms with E-state index in [0.717, 1.165) is 6.42 Å². The highest BCUT2D eigenvalue weighted by molar-refractivity contribution is 7.10. The third-order valence-corrected chi connectivity index (χ3v) is 4.45. The number of unbranched alkanes of at least 4 members (excludes halogenated alkanes) is 2. The molecule has 2 rings (SSSR count). The smallest absolute Gasteiger partial charge is 0.238 e. The van der Waals surface area contributed by atoms with E-state index in [1.165, 1.54) is 24.1 Å². The van der Waals surface area contributed by atoms with Gasteiger partial charge in [0.25, 0.3) is 0 Å². The number of thiophene rings is 1. The lowest BCUT2D eigenvalue weighted by Crippen LogP contribution is -2.37. The Morgan fingerprint density at radius 2 is 2.39 bits per heavy atom. The Morgan fingerprint density at radius 3 is 3.06 bits per heavy atom. The fourth-order valence-electron chi connectivity index (χ4n) is 2.53. The molecular formula is C14H22N2OS. The lowest BCUT2D eigenvalue weighted by Gasteiger charge is -2.30. The molecule has 3 nitrogen and oxygen atoms in total. The molecule has 2 atom stereocenters. The molecule has 4 heteroatoms. The van der Waals surface area contributed by atoms with Gasteiger partial charge < -0.3 is 4.90 Å². The lowest BCUT2D eigenvalue weighted by atomic mass is 10.1. The van der Waals surface area contributed by atoms with Crippen LogP contribution in [0.15, 0.2) is 17.5 Å². The number of rotatable bonds is 6. The van der Waals surface area contributed by atoms with Crippen molar-refractivity contribution >= 4 is 17.2 Å². The van der Waals surface area contributed by atoms with Crippen LogP contribution in [-0.2, 0) is 4.79 Å². The van der Waals surface area contributed by atoms with E-state index in [0.29, 0.717) is 12.6 Å². The van der Waals surface area contributed by atoms with Crippen molar-refractivity contribution in [1.82, 2.24) is 10.2 Å². The van der Waals surface area contributed by atoms with Gasteiger partial charge in [0, 0.05) is 10.9 Å². The molecule has 1 aromatic rings. The average molecular weight is 266 g/mol. The van der Waals surface area contributed by atoms with Crippen molar-refractivity contribution in [3.63, 3.8) is 0 Å². The zero-order valence-electron chi connectivity index (χ0n) is 11.2. The van der Waals surface area contributed by atoms with Gasteiger partial charge in [-0.05, 0) is 24.8 Å². The van der Waals surface area contributed by atoms with Gasteiger partial charge in [-0.15, -0.1) is 11.3 Å². The predicted molar refractivity (Wildman–Crippen MR) is 75.5 cm³/mol. The van der Waals surface area contributed by atoms with E-state index in [2.05, 4.69) is 30.6 Å². The van der Waals surface area contributed by atoms with Crippen LogP contribution in [0.25, 0.3) is 0 Å². The maximum absolute atomic E-state index is 12.0. The predicted octanol–water partition coefficient (Wildman–Crippen LogP) is 3.15. The second-order valence-corrected chi connectivity index (χ2v) is 5.92. The van der Waals surface area contributed by atoms with Crippen LogP contribution < -0.4 is 5.32 Å².